The summed E-state index contributed by atoms with van der Waals surface area (Å²) in [6.07, 6.45) is 0.883. The topological polar surface area (TPSA) is 122 Å². The molecule has 1 aliphatic heterocycles. The average Bonchev–Trinajstić information content (AvgIpc) is 2.81. The van der Waals surface area contributed by atoms with Crippen molar-refractivity contribution >= 4 is 24.0 Å². The molecular weight excluding hydrogens is 300 g/mol. The number of hydrogen-bond acceptors (Lipinski definition) is 6. The number of benzene rings is 1. The fourth-order valence-electron chi connectivity index (χ4n) is 2.26. The lowest BCUT2D eigenvalue weighted by Gasteiger charge is -2.24. The third-order valence-electron chi connectivity index (χ3n) is 3.24. The second kappa shape index (κ2) is 8.76. The van der Waals surface area contributed by atoms with Crippen LogP contribution in [0.3, 0.4) is 0 Å². The minimum atomic E-state index is -0.961. The molecule has 0 saturated carbocycles. The summed E-state index contributed by atoms with van der Waals surface area (Å²) >= 11 is 0. The molecule has 3 amide bonds. The summed E-state index contributed by atoms with van der Waals surface area (Å²) in [6, 6.07) is 5.46. The van der Waals surface area contributed by atoms with Gasteiger partial charge >= 0.3 is 0 Å². The molecule has 0 aromatic heterocycles. The summed E-state index contributed by atoms with van der Waals surface area (Å²) in [4.78, 5) is 47.8. The van der Waals surface area contributed by atoms with Crippen molar-refractivity contribution in [3.8, 4) is 0 Å². The van der Waals surface area contributed by atoms with Crippen LogP contribution in [0.2, 0.25) is 0 Å². The molecule has 0 bridgehead atoms. The summed E-state index contributed by atoms with van der Waals surface area (Å²) in [5.41, 5.74) is 2.83. The largest absolute Gasteiger partial charge is 0.357 e. The van der Waals surface area contributed by atoms with Gasteiger partial charge in [-0.15, -0.1) is 0 Å². The maximum Gasteiger partial charge on any atom is 0.262 e. The van der Waals surface area contributed by atoms with E-state index in [2.05, 4.69) is 16.6 Å². The van der Waals surface area contributed by atoms with E-state index in [1.807, 2.05) is 0 Å². The minimum Gasteiger partial charge on any atom is -0.357 e. The number of hydrazine groups is 1. The molecule has 1 atom stereocenters. The fraction of sp³-hybridized carbons (Fsp3) is 0.333. The highest BCUT2D eigenvalue weighted by atomic mass is 16.2. The summed E-state index contributed by atoms with van der Waals surface area (Å²) in [5.74, 6) is 3.15. The predicted molar refractivity (Wildman–Crippen MR) is 83.3 cm³/mol. The Morgan fingerprint density at radius 1 is 1.22 bits per heavy atom. The number of likely N-dealkylation sites (N-methyl/N-ethyl adjacent to an activating group) is 1. The average molecular weight is 320 g/mol. The molecule has 1 unspecified atom stereocenters. The molecule has 2 rings (SSSR count). The van der Waals surface area contributed by atoms with Gasteiger partial charge in [0.25, 0.3) is 11.8 Å². The smallest absolute Gasteiger partial charge is 0.262 e. The normalized spacial score (nSPS) is 13.8. The number of carbonyl (C=O) groups excluding carboxylic acids is 4. The Morgan fingerprint density at radius 3 is 2.09 bits per heavy atom. The van der Waals surface area contributed by atoms with Crippen molar-refractivity contribution in [2.75, 3.05) is 14.1 Å². The number of imide groups is 1. The van der Waals surface area contributed by atoms with Crippen LogP contribution in [0, 0.1) is 0 Å². The first-order valence-corrected chi connectivity index (χ1v) is 7.02. The standard InChI is InChI=1S/C14H14N2O4.CH6N2/c1-15-12(18)11(7-4-8-17)16-13(19)9-5-2-3-6-10(9)14(16)20;1-3-2/h2-3,5-6,8,11H,4,7H2,1H3,(H,15,18);3H,2H2,1H3. The molecule has 23 heavy (non-hydrogen) atoms. The number of rotatable bonds is 5. The molecule has 0 spiro atoms. The van der Waals surface area contributed by atoms with Crippen LogP contribution < -0.4 is 16.6 Å². The zero-order valence-electron chi connectivity index (χ0n) is 13.0. The van der Waals surface area contributed by atoms with E-state index in [1.165, 1.54) is 7.05 Å². The van der Waals surface area contributed by atoms with Gasteiger partial charge in [-0.2, -0.15) is 0 Å². The van der Waals surface area contributed by atoms with Gasteiger partial charge in [0.05, 0.1) is 11.1 Å². The molecular formula is C15H20N4O4. The van der Waals surface area contributed by atoms with Crippen molar-refractivity contribution in [3.63, 3.8) is 0 Å². The minimum absolute atomic E-state index is 0.103. The van der Waals surface area contributed by atoms with E-state index in [0.717, 1.165) is 4.90 Å². The second-order valence-electron chi connectivity index (χ2n) is 4.69. The molecule has 8 heteroatoms. The second-order valence-corrected chi connectivity index (χ2v) is 4.69. The lowest BCUT2D eigenvalue weighted by atomic mass is 10.1. The van der Waals surface area contributed by atoms with Crippen LogP contribution in [0.25, 0.3) is 0 Å². The van der Waals surface area contributed by atoms with Crippen molar-refractivity contribution in [1.82, 2.24) is 15.6 Å². The van der Waals surface area contributed by atoms with Crippen LogP contribution in [-0.2, 0) is 9.59 Å². The number of nitrogens with zero attached hydrogens (tertiary/aromatic N) is 1. The molecule has 0 radical (unpaired) electrons. The molecule has 1 heterocycles. The SMILES string of the molecule is CNC(=O)C(CCC=O)N1C(=O)c2ccccc2C1=O.CNN. The van der Waals surface area contributed by atoms with E-state index in [1.54, 1.807) is 31.3 Å². The maximum atomic E-state index is 12.3. The number of nitrogens with one attached hydrogen (secondary N) is 2. The third kappa shape index (κ3) is 3.99. The van der Waals surface area contributed by atoms with E-state index in [9.17, 15) is 19.2 Å². The first-order valence-electron chi connectivity index (χ1n) is 7.02. The van der Waals surface area contributed by atoms with Gasteiger partial charge in [-0.05, 0) is 25.6 Å². The van der Waals surface area contributed by atoms with Gasteiger partial charge in [0.15, 0.2) is 0 Å². The highest BCUT2D eigenvalue weighted by Crippen LogP contribution is 2.25. The van der Waals surface area contributed by atoms with Crippen LogP contribution in [0.15, 0.2) is 24.3 Å². The lowest BCUT2D eigenvalue weighted by molar-refractivity contribution is -0.124. The Kier molecular flexibility index (Phi) is 7.04. The molecule has 0 aliphatic carbocycles. The Bertz CT molecular complexity index is 568. The van der Waals surface area contributed by atoms with Crippen LogP contribution in [0.5, 0.6) is 0 Å². The first-order chi connectivity index (χ1) is 11.0. The third-order valence-corrected chi connectivity index (χ3v) is 3.24. The van der Waals surface area contributed by atoms with E-state index >= 15 is 0 Å². The zero-order chi connectivity index (χ0) is 17.4. The molecule has 1 aromatic carbocycles. The van der Waals surface area contributed by atoms with Crippen LogP contribution in [0.4, 0.5) is 0 Å². The van der Waals surface area contributed by atoms with Crippen LogP contribution in [0.1, 0.15) is 33.6 Å². The van der Waals surface area contributed by atoms with E-state index in [0.29, 0.717) is 6.29 Å². The Morgan fingerprint density at radius 2 is 1.70 bits per heavy atom. The van der Waals surface area contributed by atoms with Gasteiger partial charge in [0.2, 0.25) is 5.91 Å². The Balaban J connectivity index is 0.000000816. The van der Waals surface area contributed by atoms with E-state index in [4.69, 9.17) is 0 Å². The van der Waals surface area contributed by atoms with Gasteiger partial charge in [-0.1, -0.05) is 12.1 Å². The molecule has 8 nitrogen and oxygen atoms in total. The fourth-order valence-corrected chi connectivity index (χ4v) is 2.26. The van der Waals surface area contributed by atoms with Crippen molar-refractivity contribution in [2.24, 2.45) is 5.84 Å². The monoisotopic (exact) mass is 320 g/mol. The summed E-state index contributed by atoms with van der Waals surface area (Å²) in [6.45, 7) is 0. The van der Waals surface area contributed by atoms with Crippen LogP contribution in [-0.4, -0.2) is 49.0 Å². The maximum absolute atomic E-state index is 12.3. The number of carbonyl (C=O) groups is 4. The zero-order valence-corrected chi connectivity index (χ0v) is 13.0. The molecule has 1 aromatic rings. The number of aldehydes is 1. The predicted octanol–water partition coefficient (Wildman–Crippen LogP) is -0.544. The summed E-state index contributed by atoms with van der Waals surface area (Å²) < 4.78 is 0. The Labute approximate surface area is 134 Å². The van der Waals surface area contributed by atoms with E-state index in [-0.39, 0.29) is 24.0 Å². The van der Waals surface area contributed by atoms with Gasteiger partial charge in [0, 0.05) is 13.5 Å². The van der Waals surface area contributed by atoms with Crippen molar-refractivity contribution < 1.29 is 19.2 Å². The summed E-state index contributed by atoms with van der Waals surface area (Å²) in [7, 11) is 3.08. The molecule has 4 N–H and O–H groups in total. The van der Waals surface area contributed by atoms with Gasteiger partial charge in [-0.25, -0.2) is 0 Å². The van der Waals surface area contributed by atoms with Gasteiger partial charge < -0.3 is 10.1 Å². The molecule has 0 saturated heterocycles. The van der Waals surface area contributed by atoms with E-state index < -0.39 is 23.8 Å². The molecule has 124 valence electrons. The van der Waals surface area contributed by atoms with Crippen molar-refractivity contribution in [1.29, 1.82) is 0 Å². The van der Waals surface area contributed by atoms with Crippen molar-refractivity contribution in [3.05, 3.63) is 35.4 Å². The van der Waals surface area contributed by atoms with Crippen molar-refractivity contribution in [2.45, 2.75) is 18.9 Å². The number of hydrogen-bond donors (Lipinski definition) is 3. The quantitative estimate of drug-likeness (QED) is 0.290. The molecule has 0 fully saturated rings. The highest BCUT2D eigenvalue weighted by molar-refractivity contribution is 6.22. The Hall–Kier alpha value is -2.58. The molecule has 1 aliphatic rings. The first kappa shape index (κ1) is 18.5. The lowest BCUT2D eigenvalue weighted by Crippen LogP contribution is -2.48. The van der Waals surface area contributed by atoms with Gasteiger partial charge in [-0.3, -0.25) is 30.6 Å². The summed E-state index contributed by atoms with van der Waals surface area (Å²) in [5, 5.41) is 2.42. The number of fused-ring (bicyclic) bond motifs is 1. The highest BCUT2D eigenvalue weighted by Gasteiger charge is 2.41. The van der Waals surface area contributed by atoms with Gasteiger partial charge in [0.1, 0.15) is 12.3 Å². The number of nitrogens with two attached hydrogens (primary N) is 1. The number of amides is 3. The van der Waals surface area contributed by atoms with Crippen LogP contribution >= 0.6 is 0 Å².